The van der Waals surface area contributed by atoms with Gasteiger partial charge in [-0.3, -0.25) is 9.59 Å². The molecule has 0 aliphatic carbocycles. The first-order chi connectivity index (χ1) is 10.5. The second kappa shape index (κ2) is 6.00. The van der Waals surface area contributed by atoms with Gasteiger partial charge in [0.25, 0.3) is 5.91 Å². The van der Waals surface area contributed by atoms with Crippen LogP contribution in [0.3, 0.4) is 0 Å². The van der Waals surface area contributed by atoms with Crippen LogP contribution >= 0.6 is 0 Å². The number of carbonyl (C=O) groups is 2. The van der Waals surface area contributed by atoms with Crippen LogP contribution in [0.5, 0.6) is 0 Å². The van der Waals surface area contributed by atoms with Crippen LogP contribution in [0.15, 0.2) is 12.3 Å². The number of nitrogens with zero attached hydrogens (tertiary/aromatic N) is 4. The van der Waals surface area contributed by atoms with Crippen LogP contribution < -0.4 is 0 Å². The van der Waals surface area contributed by atoms with Gasteiger partial charge in [-0.15, -0.1) is 0 Å². The van der Waals surface area contributed by atoms with E-state index in [9.17, 15) is 9.59 Å². The average Bonchev–Trinajstić information content (AvgIpc) is 2.65. The number of amides is 2. The Morgan fingerprint density at radius 2 is 2.23 bits per heavy atom. The summed E-state index contributed by atoms with van der Waals surface area (Å²) in [6, 6.07) is 1.64. The van der Waals surface area contributed by atoms with E-state index in [2.05, 4.69) is 9.97 Å². The summed E-state index contributed by atoms with van der Waals surface area (Å²) in [6.07, 6.45) is 2.40. The van der Waals surface area contributed by atoms with Gasteiger partial charge in [0.1, 0.15) is 18.1 Å². The molecule has 2 atom stereocenters. The molecule has 118 valence electrons. The van der Waals surface area contributed by atoms with Gasteiger partial charge in [0.05, 0.1) is 6.10 Å². The maximum atomic E-state index is 12.6. The number of hydrogen-bond donors (Lipinski definition) is 0. The van der Waals surface area contributed by atoms with Crippen LogP contribution in [0.4, 0.5) is 0 Å². The molecule has 0 spiro atoms. The zero-order valence-electron chi connectivity index (χ0n) is 12.9. The van der Waals surface area contributed by atoms with Crippen molar-refractivity contribution in [1.29, 1.82) is 0 Å². The first-order valence-electron chi connectivity index (χ1n) is 7.49. The van der Waals surface area contributed by atoms with E-state index in [-0.39, 0.29) is 30.4 Å². The highest BCUT2D eigenvalue weighted by Crippen LogP contribution is 2.24. The highest BCUT2D eigenvalue weighted by Gasteiger charge is 2.36. The lowest BCUT2D eigenvalue weighted by Crippen LogP contribution is -2.49. The molecule has 2 aliphatic heterocycles. The molecular weight excluding hydrogens is 284 g/mol. The SMILES string of the molecule is Cc1nccc(C(=O)N2CC[C@@H]3OCC(=O)N(C)C[C@H]3C2)n1. The van der Waals surface area contributed by atoms with Crippen molar-refractivity contribution < 1.29 is 14.3 Å². The number of aromatic nitrogens is 2. The fourth-order valence-corrected chi connectivity index (χ4v) is 3.07. The van der Waals surface area contributed by atoms with Crippen molar-refractivity contribution in [2.75, 3.05) is 33.3 Å². The lowest BCUT2D eigenvalue weighted by molar-refractivity contribution is -0.133. The predicted molar refractivity (Wildman–Crippen MR) is 78.2 cm³/mol. The smallest absolute Gasteiger partial charge is 0.272 e. The Bertz CT molecular complexity index is 592. The van der Waals surface area contributed by atoms with Gasteiger partial charge >= 0.3 is 0 Å². The van der Waals surface area contributed by atoms with Crippen molar-refractivity contribution >= 4 is 11.8 Å². The minimum Gasteiger partial charge on any atom is -0.368 e. The van der Waals surface area contributed by atoms with Crippen molar-refractivity contribution in [2.45, 2.75) is 19.4 Å². The number of aryl methyl sites for hydroxylation is 1. The summed E-state index contributed by atoms with van der Waals surface area (Å²) in [5, 5.41) is 0. The molecule has 3 rings (SSSR count). The molecule has 0 saturated carbocycles. The number of hydrogen-bond acceptors (Lipinski definition) is 5. The molecule has 22 heavy (non-hydrogen) atoms. The minimum atomic E-state index is -0.0813. The fourth-order valence-electron chi connectivity index (χ4n) is 3.07. The molecule has 2 saturated heterocycles. The van der Waals surface area contributed by atoms with Gasteiger partial charge < -0.3 is 14.5 Å². The van der Waals surface area contributed by atoms with Crippen LogP contribution in [-0.4, -0.2) is 71.0 Å². The van der Waals surface area contributed by atoms with Crippen LogP contribution in [-0.2, 0) is 9.53 Å². The average molecular weight is 304 g/mol. The van der Waals surface area contributed by atoms with Gasteiger partial charge in [-0.1, -0.05) is 0 Å². The van der Waals surface area contributed by atoms with Crippen molar-refractivity contribution in [3.8, 4) is 0 Å². The monoisotopic (exact) mass is 304 g/mol. The zero-order chi connectivity index (χ0) is 15.7. The first-order valence-corrected chi connectivity index (χ1v) is 7.49. The van der Waals surface area contributed by atoms with Gasteiger partial charge in [0, 0.05) is 38.8 Å². The molecule has 2 fully saturated rings. The van der Waals surface area contributed by atoms with E-state index in [0.717, 1.165) is 6.42 Å². The highest BCUT2D eigenvalue weighted by molar-refractivity contribution is 5.92. The van der Waals surface area contributed by atoms with Gasteiger partial charge in [0.2, 0.25) is 5.91 Å². The Morgan fingerprint density at radius 1 is 1.41 bits per heavy atom. The van der Waals surface area contributed by atoms with Crippen molar-refractivity contribution in [3.63, 3.8) is 0 Å². The third-order valence-electron chi connectivity index (χ3n) is 4.30. The summed E-state index contributed by atoms with van der Waals surface area (Å²) < 4.78 is 5.69. The normalized spacial score (nSPS) is 25.6. The molecule has 0 N–H and O–H groups in total. The molecule has 1 aromatic heterocycles. The van der Waals surface area contributed by atoms with Crippen molar-refractivity contribution in [3.05, 3.63) is 23.8 Å². The molecule has 0 aromatic carbocycles. The predicted octanol–water partition coefficient (Wildman–Crippen LogP) is 0.104. The number of carbonyl (C=O) groups excluding carboxylic acids is 2. The number of likely N-dealkylation sites (tertiary alicyclic amines) is 1. The lowest BCUT2D eigenvalue weighted by atomic mass is 9.94. The number of rotatable bonds is 1. The second-order valence-corrected chi connectivity index (χ2v) is 5.91. The van der Waals surface area contributed by atoms with Gasteiger partial charge in [-0.2, -0.15) is 0 Å². The standard InChI is InChI=1S/C15H20N4O3/c1-10-16-5-3-12(17-10)15(21)19-6-4-13-11(8-19)7-18(2)14(20)9-22-13/h3,5,11,13H,4,6-9H2,1-2H3/t11-,13-/m0/s1. The third-order valence-corrected chi connectivity index (χ3v) is 4.30. The van der Waals surface area contributed by atoms with E-state index >= 15 is 0 Å². The number of ether oxygens (including phenoxy) is 1. The van der Waals surface area contributed by atoms with Crippen molar-refractivity contribution in [2.24, 2.45) is 5.92 Å². The summed E-state index contributed by atoms with van der Waals surface area (Å²) in [5.74, 6) is 0.654. The summed E-state index contributed by atoms with van der Waals surface area (Å²) in [5.41, 5.74) is 0.421. The molecule has 7 nitrogen and oxygen atoms in total. The molecular formula is C15H20N4O3. The zero-order valence-corrected chi connectivity index (χ0v) is 12.9. The Balaban J connectivity index is 1.72. The molecule has 0 unspecified atom stereocenters. The lowest BCUT2D eigenvalue weighted by Gasteiger charge is -2.37. The Kier molecular flexibility index (Phi) is 4.06. The molecule has 0 bridgehead atoms. The van der Waals surface area contributed by atoms with E-state index in [0.29, 0.717) is 31.2 Å². The van der Waals surface area contributed by atoms with Crippen molar-refractivity contribution in [1.82, 2.24) is 19.8 Å². The highest BCUT2D eigenvalue weighted by atomic mass is 16.5. The Hall–Kier alpha value is -2.02. The molecule has 3 heterocycles. The second-order valence-electron chi connectivity index (χ2n) is 5.91. The van der Waals surface area contributed by atoms with Crippen LogP contribution in [0.25, 0.3) is 0 Å². The van der Waals surface area contributed by atoms with Gasteiger partial charge in [0.15, 0.2) is 0 Å². The van der Waals surface area contributed by atoms with Crippen LogP contribution in [0.1, 0.15) is 22.7 Å². The molecule has 1 aromatic rings. The summed E-state index contributed by atoms with van der Waals surface area (Å²) in [4.78, 5) is 36.0. The maximum absolute atomic E-state index is 12.6. The maximum Gasteiger partial charge on any atom is 0.272 e. The largest absolute Gasteiger partial charge is 0.368 e. The summed E-state index contributed by atoms with van der Waals surface area (Å²) in [7, 11) is 1.78. The van der Waals surface area contributed by atoms with E-state index in [1.807, 2.05) is 0 Å². The summed E-state index contributed by atoms with van der Waals surface area (Å²) >= 11 is 0. The van der Waals surface area contributed by atoms with Gasteiger partial charge in [-0.05, 0) is 19.4 Å². The van der Waals surface area contributed by atoms with E-state index in [1.54, 1.807) is 36.0 Å². The molecule has 7 heteroatoms. The van der Waals surface area contributed by atoms with Crippen LogP contribution in [0, 0.1) is 12.8 Å². The molecule has 0 radical (unpaired) electrons. The Morgan fingerprint density at radius 3 is 3.00 bits per heavy atom. The van der Waals surface area contributed by atoms with Crippen LogP contribution in [0.2, 0.25) is 0 Å². The number of piperidine rings is 1. The molecule has 2 amide bonds. The van der Waals surface area contributed by atoms with E-state index in [1.165, 1.54) is 0 Å². The number of fused-ring (bicyclic) bond motifs is 1. The Labute approximate surface area is 129 Å². The first kappa shape index (κ1) is 14.9. The fraction of sp³-hybridized carbons (Fsp3) is 0.600. The van der Waals surface area contributed by atoms with E-state index < -0.39 is 0 Å². The minimum absolute atomic E-state index is 0.00120. The van der Waals surface area contributed by atoms with E-state index in [4.69, 9.17) is 4.74 Å². The topological polar surface area (TPSA) is 75.6 Å². The summed E-state index contributed by atoms with van der Waals surface area (Å²) in [6.45, 7) is 3.74. The quantitative estimate of drug-likeness (QED) is 0.736. The molecule has 2 aliphatic rings. The number of likely N-dealkylation sites (N-methyl/N-ethyl adjacent to an activating group) is 1. The van der Waals surface area contributed by atoms with Gasteiger partial charge in [-0.25, -0.2) is 9.97 Å². The third kappa shape index (κ3) is 2.94.